The molecule has 1 atom stereocenters. The Morgan fingerprint density at radius 1 is 1.10 bits per heavy atom. The summed E-state index contributed by atoms with van der Waals surface area (Å²) >= 11 is 6.09. The Balaban J connectivity index is 1.60. The van der Waals surface area contributed by atoms with Crippen molar-refractivity contribution in [3.05, 3.63) is 77.2 Å². The Morgan fingerprint density at radius 2 is 1.83 bits per heavy atom. The smallest absolute Gasteiger partial charge is 0.253 e. The van der Waals surface area contributed by atoms with Gasteiger partial charge in [-0.15, -0.1) is 0 Å². The molecule has 0 fully saturated rings. The molecule has 3 rings (SSSR count). The van der Waals surface area contributed by atoms with E-state index < -0.39 is 11.9 Å². The third-order valence-corrected chi connectivity index (χ3v) is 4.95. The van der Waals surface area contributed by atoms with Crippen LogP contribution in [0.25, 0.3) is 0 Å². The van der Waals surface area contributed by atoms with E-state index in [0.29, 0.717) is 22.9 Å². The lowest BCUT2D eigenvalue weighted by molar-refractivity contribution is -0.118. The molecule has 1 aromatic carbocycles. The zero-order valence-electron chi connectivity index (χ0n) is 16.9. The maximum atomic E-state index is 12.8. The standard InChI is InChI=1S/C22H24ClN5O2/c1-15(2)20(26-21(29)17-5-3-4-6-18(17)23)22(30)25-19-10-14-28(27-19)13-9-16-7-11-24-12-8-16/h3-8,10-12,14-15,20H,9,13H2,1-2H3,(H,26,29)(H,25,27,30). The SMILES string of the molecule is CC(C)C(NC(=O)c1ccccc1Cl)C(=O)Nc1ccn(CCc2ccncc2)n1. The molecule has 0 saturated carbocycles. The van der Waals surface area contributed by atoms with Crippen molar-refractivity contribution in [3.8, 4) is 0 Å². The van der Waals surface area contributed by atoms with Crippen LogP contribution >= 0.6 is 11.6 Å². The van der Waals surface area contributed by atoms with Crippen molar-refractivity contribution >= 4 is 29.2 Å². The van der Waals surface area contributed by atoms with Crippen LogP contribution in [0.2, 0.25) is 5.02 Å². The Morgan fingerprint density at radius 3 is 2.53 bits per heavy atom. The van der Waals surface area contributed by atoms with E-state index in [0.717, 1.165) is 12.0 Å². The molecular formula is C22H24ClN5O2. The molecule has 0 bridgehead atoms. The largest absolute Gasteiger partial charge is 0.340 e. The van der Waals surface area contributed by atoms with Gasteiger partial charge in [-0.1, -0.05) is 37.6 Å². The number of benzene rings is 1. The summed E-state index contributed by atoms with van der Waals surface area (Å²) in [6.07, 6.45) is 6.13. The number of carbonyl (C=O) groups is 2. The molecule has 30 heavy (non-hydrogen) atoms. The number of aryl methyl sites for hydroxylation is 2. The summed E-state index contributed by atoms with van der Waals surface area (Å²) in [6.45, 7) is 4.41. The fourth-order valence-corrected chi connectivity index (χ4v) is 3.17. The normalized spacial score (nSPS) is 11.9. The van der Waals surface area contributed by atoms with Gasteiger partial charge in [-0.25, -0.2) is 0 Å². The fraction of sp³-hybridized carbons (Fsp3) is 0.273. The van der Waals surface area contributed by atoms with Crippen molar-refractivity contribution in [1.82, 2.24) is 20.1 Å². The number of aromatic nitrogens is 3. The van der Waals surface area contributed by atoms with Crippen LogP contribution in [0, 0.1) is 5.92 Å². The molecule has 156 valence electrons. The maximum absolute atomic E-state index is 12.8. The molecule has 2 amide bonds. The highest BCUT2D eigenvalue weighted by atomic mass is 35.5. The van der Waals surface area contributed by atoms with E-state index in [1.165, 1.54) is 0 Å². The van der Waals surface area contributed by atoms with Crippen molar-refractivity contribution in [2.45, 2.75) is 32.9 Å². The lowest BCUT2D eigenvalue weighted by atomic mass is 10.0. The van der Waals surface area contributed by atoms with Crippen LogP contribution in [-0.2, 0) is 17.8 Å². The molecule has 2 aromatic heterocycles. The predicted octanol–water partition coefficient (Wildman–Crippen LogP) is 3.57. The Bertz CT molecular complexity index is 1000. The van der Waals surface area contributed by atoms with E-state index in [4.69, 9.17) is 11.6 Å². The second-order valence-electron chi connectivity index (χ2n) is 7.23. The third-order valence-electron chi connectivity index (χ3n) is 4.63. The van der Waals surface area contributed by atoms with Gasteiger partial charge in [0.05, 0.1) is 10.6 Å². The third kappa shape index (κ3) is 5.67. The highest BCUT2D eigenvalue weighted by molar-refractivity contribution is 6.33. The van der Waals surface area contributed by atoms with Gasteiger partial charge in [-0.2, -0.15) is 5.10 Å². The summed E-state index contributed by atoms with van der Waals surface area (Å²) in [4.78, 5) is 29.3. The first-order valence-electron chi connectivity index (χ1n) is 9.72. The summed E-state index contributed by atoms with van der Waals surface area (Å²) in [6, 6.07) is 11.7. The summed E-state index contributed by atoms with van der Waals surface area (Å²) in [7, 11) is 0. The Labute approximate surface area is 180 Å². The van der Waals surface area contributed by atoms with Gasteiger partial charge in [0.2, 0.25) is 5.91 Å². The van der Waals surface area contributed by atoms with Gasteiger partial charge in [0, 0.05) is 31.2 Å². The van der Waals surface area contributed by atoms with Crippen LogP contribution in [0.1, 0.15) is 29.8 Å². The average molecular weight is 426 g/mol. The number of hydrogen-bond acceptors (Lipinski definition) is 4. The first-order valence-corrected chi connectivity index (χ1v) is 10.1. The van der Waals surface area contributed by atoms with Gasteiger partial charge in [-0.3, -0.25) is 19.3 Å². The minimum absolute atomic E-state index is 0.120. The number of rotatable bonds is 8. The summed E-state index contributed by atoms with van der Waals surface area (Å²) in [5.41, 5.74) is 1.49. The van der Waals surface area contributed by atoms with Crippen molar-refractivity contribution in [2.24, 2.45) is 5.92 Å². The zero-order valence-corrected chi connectivity index (χ0v) is 17.6. The highest BCUT2D eigenvalue weighted by Crippen LogP contribution is 2.16. The van der Waals surface area contributed by atoms with Gasteiger partial charge in [0.15, 0.2) is 5.82 Å². The van der Waals surface area contributed by atoms with Crippen LogP contribution in [0.4, 0.5) is 5.82 Å². The molecule has 8 heteroatoms. The molecule has 0 aliphatic carbocycles. The molecule has 7 nitrogen and oxygen atoms in total. The number of carbonyl (C=O) groups excluding carboxylic acids is 2. The Hall–Kier alpha value is -3.19. The molecule has 0 spiro atoms. The van der Waals surface area contributed by atoms with Crippen molar-refractivity contribution < 1.29 is 9.59 Å². The fourth-order valence-electron chi connectivity index (χ4n) is 2.95. The molecular weight excluding hydrogens is 402 g/mol. The van der Waals surface area contributed by atoms with Crippen LogP contribution in [0.5, 0.6) is 0 Å². The number of halogens is 1. The molecule has 0 radical (unpaired) electrons. The summed E-state index contributed by atoms with van der Waals surface area (Å²) < 4.78 is 1.77. The number of pyridine rings is 1. The molecule has 3 aromatic rings. The number of hydrogen-bond donors (Lipinski definition) is 2. The van der Waals surface area contributed by atoms with Gasteiger partial charge in [0.1, 0.15) is 6.04 Å². The zero-order chi connectivity index (χ0) is 21.5. The minimum atomic E-state index is -0.726. The second-order valence-corrected chi connectivity index (χ2v) is 7.64. The predicted molar refractivity (Wildman–Crippen MR) is 116 cm³/mol. The van der Waals surface area contributed by atoms with E-state index in [1.54, 1.807) is 47.4 Å². The van der Waals surface area contributed by atoms with E-state index in [-0.39, 0.29) is 11.8 Å². The lowest BCUT2D eigenvalue weighted by Gasteiger charge is -2.21. The molecule has 0 aliphatic rings. The van der Waals surface area contributed by atoms with Crippen LogP contribution in [0.15, 0.2) is 61.1 Å². The monoisotopic (exact) mass is 425 g/mol. The van der Waals surface area contributed by atoms with Crippen LogP contribution in [0.3, 0.4) is 0 Å². The lowest BCUT2D eigenvalue weighted by Crippen LogP contribution is -2.47. The van der Waals surface area contributed by atoms with Gasteiger partial charge < -0.3 is 10.6 Å². The van der Waals surface area contributed by atoms with E-state index >= 15 is 0 Å². The number of nitrogens with zero attached hydrogens (tertiary/aromatic N) is 3. The Kier molecular flexibility index (Phi) is 7.19. The number of anilines is 1. The molecule has 1 unspecified atom stereocenters. The first kappa shape index (κ1) is 21.5. The summed E-state index contributed by atoms with van der Waals surface area (Å²) in [5.74, 6) is -0.403. The van der Waals surface area contributed by atoms with Crippen LogP contribution in [-0.4, -0.2) is 32.6 Å². The van der Waals surface area contributed by atoms with Crippen molar-refractivity contribution in [3.63, 3.8) is 0 Å². The summed E-state index contributed by atoms with van der Waals surface area (Å²) in [5, 5.41) is 10.3. The number of nitrogens with one attached hydrogen (secondary N) is 2. The molecule has 0 aliphatic heterocycles. The van der Waals surface area contributed by atoms with E-state index in [2.05, 4.69) is 20.7 Å². The second kappa shape index (κ2) is 10.0. The molecule has 2 N–H and O–H groups in total. The highest BCUT2D eigenvalue weighted by Gasteiger charge is 2.26. The van der Waals surface area contributed by atoms with Gasteiger partial charge in [-0.05, 0) is 42.2 Å². The van der Waals surface area contributed by atoms with E-state index in [9.17, 15) is 9.59 Å². The van der Waals surface area contributed by atoms with E-state index in [1.807, 2.05) is 32.2 Å². The number of amides is 2. The average Bonchev–Trinajstić information content (AvgIpc) is 3.18. The first-order chi connectivity index (χ1) is 14.4. The molecule has 2 heterocycles. The van der Waals surface area contributed by atoms with Gasteiger partial charge in [0.25, 0.3) is 5.91 Å². The minimum Gasteiger partial charge on any atom is -0.340 e. The van der Waals surface area contributed by atoms with Crippen molar-refractivity contribution in [1.29, 1.82) is 0 Å². The topological polar surface area (TPSA) is 88.9 Å². The quantitative estimate of drug-likeness (QED) is 0.577. The maximum Gasteiger partial charge on any atom is 0.253 e. The van der Waals surface area contributed by atoms with Gasteiger partial charge >= 0.3 is 0 Å². The van der Waals surface area contributed by atoms with Crippen LogP contribution < -0.4 is 10.6 Å². The van der Waals surface area contributed by atoms with Crippen molar-refractivity contribution in [2.75, 3.05) is 5.32 Å². The molecule has 0 saturated heterocycles.